The predicted octanol–water partition coefficient (Wildman–Crippen LogP) is 3.43. The molecule has 0 saturated carbocycles. The lowest BCUT2D eigenvalue weighted by atomic mass is 10.4. The molecule has 0 amide bonds. The Labute approximate surface area is 112 Å². The molecule has 1 aromatic heterocycles. The highest BCUT2D eigenvalue weighted by atomic mass is 35.7. The van der Waals surface area contributed by atoms with E-state index < -0.39 is 9.05 Å². The largest absolute Gasteiger partial charge is 0.272 e. The quantitative estimate of drug-likeness (QED) is 0.632. The standard InChI is InChI=1S/C8H9Cl2NO2S3/c9-6-5-7(14-8(6)16(10,12)13)15-11-3-1-2-4-11/h5H,1-4H2. The van der Waals surface area contributed by atoms with Crippen LogP contribution in [0.4, 0.5) is 0 Å². The molecule has 1 aromatic rings. The minimum absolute atomic E-state index is 0.0394. The van der Waals surface area contributed by atoms with Crippen LogP contribution in [0.5, 0.6) is 0 Å². The molecule has 1 aliphatic heterocycles. The molecule has 1 aliphatic rings. The van der Waals surface area contributed by atoms with Gasteiger partial charge in [0.1, 0.15) is 0 Å². The summed E-state index contributed by atoms with van der Waals surface area (Å²) in [4.78, 5) is 0. The Morgan fingerprint density at radius 2 is 2.00 bits per heavy atom. The molecule has 1 fully saturated rings. The van der Waals surface area contributed by atoms with Crippen molar-refractivity contribution in [3.8, 4) is 0 Å². The fraction of sp³-hybridized carbons (Fsp3) is 0.500. The maximum absolute atomic E-state index is 11.2. The molecule has 0 N–H and O–H groups in total. The van der Waals surface area contributed by atoms with Gasteiger partial charge in [-0.25, -0.2) is 12.7 Å². The van der Waals surface area contributed by atoms with Gasteiger partial charge in [0.15, 0.2) is 4.21 Å². The molecule has 0 atom stereocenters. The van der Waals surface area contributed by atoms with Crippen LogP contribution < -0.4 is 0 Å². The van der Waals surface area contributed by atoms with Gasteiger partial charge in [0.25, 0.3) is 9.05 Å². The average Bonchev–Trinajstić information content (AvgIpc) is 2.74. The third kappa shape index (κ3) is 3.05. The number of rotatable bonds is 3. The summed E-state index contributed by atoms with van der Waals surface area (Å²) in [6.45, 7) is 2.06. The Balaban J connectivity index is 2.17. The molecular formula is C8H9Cl2NO2S3. The molecule has 0 unspecified atom stereocenters. The lowest BCUT2D eigenvalue weighted by Gasteiger charge is -2.10. The molecule has 0 radical (unpaired) electrons. The van der Waals surface area contributed by atoms with Crippen molar-refractivity contribution >= 4 is 54.6 Å². The molecule has 1 saturated heterocycles. The molecule has 2 rings (SSSR count). The molecular weight excluding hydrogens is 309 g/mol. The zero-order chi connectivity index (χ0) is 11.8. The van der Waals surface area contributed by atoms with Crippen molar-refractivity contribution in [3.63, 3.8) is 0 Å². The van der Waals surface area contributed by atoms with Gasteiger partial charge >= 0.3 is 0 Å². The third-order valence-corrected chi connectivity index (χ3v) is 7.09. The number of nitrogens with zero attached hydrogens (tertiary/aromatic N) is 1. The van der Waals surface area contributed by atoms with Crippen LogP contribution in [0.3, 0.4) is 0 Å². The van der Waals surface area contributed by atoms with Crippen LogP contribution in [0.15, 0.2) is 14.5 Å². The second kappa shape index (κ2) is 5.04. The van der Waals surface area contributed by atoms with E-state index >= 15 is 0 Å². The number of thiophene rings is 1. The molecule has 0 aromatic carbocycles. The van der Waals surface area contributed by atoms with Crippen molar-refractivity contribution in [1.29, 1.82) is 0 Å². The smallest absolute Gasteiger partial charge is 0.246 e. The Hall–Kier alpha value is 0.540. The topological polar surface area (TPSA) is 37.4 Å². The average molecular weight is 318 g/mol. The molecule has 8 heteroatoms. The highest BCUT2D eigenvalue weighted by Crippen LogP contribution is 2.40. The van der Waals surface area contributed by atoms with Gasteiger partial charge < -0.3 is 0 Å². The van der Waals surface area contributed by atoms with Crippen molar-refractivity contribution in [1.82, 2.24) is 4.31 Å². The maximum Gasteiger partial charge on any atom is 0.272 e. The lowest BCUT2D eigenvalue weighted by Crippen LogP contribution is -2.07. The van der Waals surface area contributed by atoms with E-state index in [2.05, 4.69) is 4.31 Å². The molecule has 90 valence electrons. The van der Waals surface area contributed by atoms with Crippen LogP contribution in [-0.2, 0) is 9.05 Å². The second-order valence-corrected chi connectivity index (χ2v) is 8.98. The summed E-state index contributed by atoms with van der Waals surface area (Å²) in [5.74, 6) is 0. The molecule has 0 spiro atoms. The summed E-state index contributed by atoms with van der Waals surface area (Å²) < 4.78 is 25.5. The van der Waals surface area contributed by atoms with E-state index in [9.17, 15) is 8.42 Å². The van der Waals surface area contributed by atoms with E-state index in [0.717, 1.165) is 28.6 Å². The van der Waals surface area contributed by atoms with Crippen LogP contribution in [0.1, 0.15) is 12.8 Å². The number of halogens is 2. The van der Waals surface area contributed by atoms with E-state index in [1.165, 1.54) is 12.8 Å². The maximum atomic E-state index is 11.2. The van der Waals surface area contributed by atoms with E-state index in [1.807, 2.05) is 0 Å². The molecule has 16 heavy (non-hydrogen) atoms. The van der Waals surface area contributed by atoms with Gasteiger partial charge in [0.05, 0.1) is 9.23 Å². The van der Waals surface area contributed by atoms with Gasteiger partial charge in [0, 0.05) is 23.8 Å². The van der Waals surface area contributed by atoms with Crippen molar-refractivity contribution in [3.05, 3.63) is 11.1 Å². The first-order valence-electron chi connectivity index (χ1n) is 4.64. The Morgan fingerprint density at radius 1 is 1.38 bits per heavy atom. The first-order valence-corrected chi connectivity index (χ1v) is 8.91. The first kappa shape index (κ1) is 13.0. The van der Waals surface area contributed by atoms with Crippen molar-refractivity contribution in [2.45, 2.75) is 21.3 Å². The van der Waals surface area contributed by atoms with Crippen LogP contribution in [-0.4, -0.2) is 25.8 Å². The van der Waals surface area contributed by atoms with Crippen LogP contribution in [0.2, 0.25) is 5.02 Å². The third-order valence-electron chi connectivity index (χ3n) is 2.14. The molecule has 0 bridgehead atoms. The monoisotopic (exact) mass is 317 g/mol. The Kier molecular flexibility index (Phi) is 4.09. The zero-order valence-corrected chi connectivity index (χ0v) is 12.1. The summed E-state index contributed by atoms with van der Waals surface area (Å²) in [6.07, 6.45) is 2.37. The highest BCUT2D eigenvalue weighted by Gasteiger charge is 2.21. The summed E-state index contributed by atoms with van der Waals surface area (Å²) in [7, 11) is 1.55. The number of hydrogen-bond acceptors (Lipinski definition) is 5. The van der Waals surface area contributed by atoms with E-state index in [4.69, 9.17) is 22.3 Å². The fourth-order valence-corrected chi connectivity index (χ4v) is 5.97. The minimum Gasteiger partial charge on any atom is -0.246 e. The van der Waals surface area contributed by atoms with Crippen LogP contribution in [0, 0.1) is 0 Å². The van der Waals surface area contributed by atoms with Gasteiger partial charge in [-0.1, -0.05) is 11.6 Å². The summed E-state index contributed by atoms with van der Waals surface area (Å²) in [6, 6.07) is 1.66. The van der Waals surface area contributed by atoms with Crippen molar-refractivity contribution in [2.24, 2.45) is 0 Å². The van der Waals surface area contributed by atoms with Crippen LogP contribution in [0.25, 0.3) is 0 Å². The van der Waals surface area contributed by atoms with E-state index in [-0.39, 0.29) is 9.23 Å². The van der Waals surface area contributed by atoms with Gasteiger partial charge in [-0.3, -0.25) is 0 Å². The van der Waals surface area contributed by atoms with E-state index in [1.54, 1.807) is 18.0 Å². The highest BCUT2D eigenvalue weighted by molar-refractivity contribution is 8.15. The van der Waals surface area contributed by atoms with Crippen LogP contribution >= 0.6 is 45.6 Å². The minimum atomic E-state index is -3.72. The number of hydrogen-bond donors (Lipinski definition) is 0. The van der Waals surface area contributed by atoms with Crippen molar-refractivity contribution < 1.29 is 8.42 Å². The van der Waals surface area contributed by atoms with E-state index in [0.29, 0.717) is 0 Å². The zero-order valence-electron chi connectivity index (χ0n) is 8.15. The molecule has 3 nitrogen and oxygen atoms in total. The fourth-order valence-electron chi connectivity index (χ4n) is 1.45. The lowest BCUT2D eigenvalue weighted by molar-refractivity contribution is 0.587. The van der Waals surface area contributed by atoms with Gasteiger partial charge in [-0.2, -0.15) is 0 Å². The van der Waals surface area contributed by atoms with Crippen molar-refractivity contribution in [2.75, 3.05) is 13.1 Å². The SMILES string of the molecule is O=S(=O)(Cl)c1sc(SN2CCCC2)cc1Cl. The van der Waals surface area contributed by atoms with Gasteiger partial charge in [-0.15, -0.1) is 11.3 Å². The summed E-state index contributed by atoms with van der Waals surface area (Å²) in [5.41, 5.74) is 0. The summed E-state index contributed by atoms with van der Waals surface area (Å²) >= 11 is 8.50. The Bertz CT molecular complexity index is 479. The molecule has 2 heterocycles. The Morgan fingerprint density at radius 3 is 2.50 bits per heavy atom. The first-order chi connectivity index (χ1) is 7.47. The van der Waals surface area contributed by atoms with Gasteiger partial charge in [-0.05, 0) is 30.9 Å². The second-order valence-electron chi connectivity index (χ2n) is 3.37. The normalized spacial score (nSPS) is 18.1. The van der Waals surface area contributed by atoms with Gasteiger partial charge in [0.2, 0.25) is 0 Å². The molecule has 0 aliphatic carbocycles. The predicted molar refractivity (Wildman–Crippen MR) is 69.0 cm³/mol. The summed E-state index contributed by atoms with van der Waals surface area (Å²) in [5, 5.41) is 0.210.